The number of carbonyl (C=O) groups excluding carboxylic acids is 1. The molecule has 32 heavy (non-hydrogen) atoms. The quantitative estimate of drug-likeness (QED) is 0.608. The Kier molecular flexibility index (Phi) is 7.07. The minimum absolute atomic E-state index is 0.00552. The number of ether oxygens (including phenoxy) is 1. The number of methoxy groups -OCH3 is 1. The maximum absolute atomic E-state index is 13.8. The highest BCUT2D eigenvalue weighted by molar-refractivity contribution is 7.89. The number of rotatable bonds is 6. The van der Waals surface area contributed by atoms with E-state index >= 15 is 0 Å². The molecule has 1 amide bonds. The van der Waals surface area contributed by atoms with E-state index in [4.69, 9.17) is 27.9 Å². The van der Waals surface area contributed by atoms with Crippen molar-refractivity contribution in [2.24, 2.45) is 5.92 Å². The molecule has 3 atom stereocenters. The third kappa shape index (κ3) is 4.65. The molecule has 10 heteroatoms. The minimum atomic E-state index is -4.02. The molecule has 7 nitrogen and oxygen atoms in total. The molecule has 2 fully saturated rings. The maximum atomic E-state index is 13.8. The third-order valence-corrected chi connectivity index (χ3v) is 8.43. The van der Waals surface area contributed by atoms with Crippen LogP contribution in [0.5, 0.6) is 0 Å². The van der Waals surface area contributed by atoms with Crippen LogP contribution in [0.3, 0.4) is 0 Å². The number of sulfonamides is 1. The van der Waals surface area contributed by atoms with Crippen molar-refractivity contribution >= 4 is 39.1 Å². The molecule has 0 spiro atoms. The van der Waals surface area contributed by atoms with Crippen molar-refractivity contribution in [1.82, 2.24) is 14.2 Å². The first-order chi connectivity index (χ1) is 15.3. The Morgan fingerprint density at radius 1 is 1.16 bits per heavy atom. The van der Waals surface area contributed by atoms with Gasteiger partial charge >= 0.3 is 0 Å². The summed E-state index contributed by atoms with van der Waals surface area (Å²) in [5, 5.41) is 0.459. The SMILES string of the molecule is COC[C@H]1CN(Cc2ccccn2)C(=O)C2CCC[C@@H]1N2S(=O)(=O)c1cc(Cl)cc(Cl)c1. The summed E-state index contributed by atoms with van der Waals surface area (Å²) in [5.41, 5.74) is 0.754. The van der Waals surface area contributed by atoms with Crippen LogP contribution in [0.1, 0.15) is 25.0 Å². The van der Waals surface area contributed by atoms with E-state index in [0.29, 0.717) is 32.5 Å². The van der Waals surface area contributed by atoms with Crippen molar-refractivity contribution in [3.8, 4) is 0 Å². The molecule has 1 aromatic carbocycles. The number of piperidine rings is 1. The summed E-state index contributed by atoms with van der Waals surface area (Å²) in [6.45, 7) is 1.05. The molecule has 0 N–H and O–H groups in total. The van der Waals surface area contributed by atoms with Crippen LogP contribution >= 0.6 is 23.2 Å². The Balaban J connectivity index is 1.76. The molecule has 2 aliphatic heterocycles. The van der Waals surface area contributed by atoms with Crippen LogP contribution in [-0.4, -0.2) is 60.9 Å². The number of pyridine rings is 1. The second kappa shape index (κ2) is 9.65. The van der Waals surface area contributed by atoms with Crippen molar-refractivity contribution in [3.63, 3.8) is 0 Å². The minimum Gasteiger partial charge on any atom is -0.384 e. The number of hydrogen-bond acceptors (Lipinski definition) is 5. The number of fused-ring (bicyclic) bond motifs is 2. The molecule has 2 bridgehead atoms. The van der Waals surface area contributed by atoms with Gasteiger partial charge < -0.3 is 9.64 Å². The lowest BCUT2D eigenvalue weighted by Gasteiger charge is -2.40. The van der Waals surface area contributed by atoms with Crippen LogP contribution in [-0.2, 0) is 26.1 Å². The van der Waals surface area contributed by atoms with Gasteiger partial charge in [-0.3, -0.25) is 9.78 Å². The molecular formula is C22H25Cl2N3O4S. The molecule has 3 heterocycles. The summed E-state index contributed by atoms with van der Waals surface area (Å²) in [4.78, 5) is 19.7. The molecule has 1 unspecified atom stereocenters. The highest BCUT2D eigenvalue weighted by Gasteiger charge is 2.50. The summed E-state index contributed by atoms with van der Waals surface area (Å²) in [7, 11) is -2.44. The van der Waals surface area contributed by atoms with Gasteiger partial charge in [-0.25, -0.2) is 8.42 Å². The normalized spacial score (nSPS) is 24.4. The Bertz CT molecular complexity index is 1060. The van der Waals surface area contributed by atoms with Crippen LogP contribution in [0.4, 0.5) is 0 Å². The molecular weight excluding hydrogens is 473 g/mol. The van der Waals surface area contributed by atoms with E-state index in [9.17, 15) is 13.2 Å². The largest absolute Gasteiger partial charge is 0.384 e. The topological polar surface area (TPSA) is 79.8 Å². The average molecular weight is 498 g/mol. The van der Waals surface area contributed by atoms with Gasteiger partial charge in [0.05, 0.1) is 23.7 Å². The number of halogens is 2. The zero-order valence-corrected chi connectivity index (χ0v) is 20.0. The molecule has 0 radical (unpaired) electrons. The number of amides is 1. The van der Waals surface area contributed by atoms with Crippen molar-refractivity contribution in [1.29, 1.82) is 0 Å². The molecule has 4 rings (SSSR count). The van der Waals surface area contributed by atoms with Gasteiger partial charge in [0, 0.05) is 41.9 Å². The Hall–Kier alpha value is -1.71. The summed E-state index contributed by atoms with van der Waals surface area (Å²) >= 11 is 12.2. The molecule has 1 aromatic heterocycles. The van der Waals surface area contributed by atoms with E-state index in [0.717, 1.165) is 12.1 Å². The van der Waals surface area contributed by atoms with Gasteiger partial charge in [0.15, 0.2) is 0 Å². The summed E-state index contributed by atoms with van der Waals surface area (Å²) in [6, 6.07) is 8.64. The summed E-state index contributed by atoms with van der Waals surface area (Å²) < 4.78 is 34.4. The number of hydrogen-bond donors (Lipinski definition) is 0. The molecule has 2 aliphatic rings. The van der Waals surface area contributed by atoms with Gasteiger partial charge in [-0.15, -0.1) is 0 Å². The fourth-order valence-electron chi connectivity index (χ4n) is 4.74. The van der Waals surface area contributed by atoms with Crippen molar-refractivity contribution in [3.05, 3.63) is 58.3 Å². The van der Waals surface area contributed by atoms with Crippen molar-refractivity contribution < 1.29 is 17.9 Å². The van der Waals surface area contributed by atoms with Crippen LogP contribution in [0.25, 0.3) is 0 Å². The molecule has 2 saturated heterocycles. The van der Waals surface area contributed by atoms with Crippen LogP contribution in [0, 0.1) is 5.92 Å². The summed E-state index contributed by atoms with van der Waals surface area (Å²) in [5.74, 6) is -0.391. The average Bonchev–Trinajstić information content (AvgIpc) is 2.82. The molecule has 2 aromatic rings. The van der Waals surface area contributed by atoms with Crippen LogP contribution < -0.4 is 0 Å². The van der Waals surface area contributed by atoms with Crippen molar-refractivity contribution in [2.45, 2.75) is 42.8 Å². The first-order valence-electron chi connectivity index (χ1n) is 10.5. The fourth-order valence-corrected chi connectivity index (χ4v) is 7.35. The predicted octanol–water partition coefficient (Wildman–Crippen LogP) is 3.61. The second-order valence-corrected chi connectivity index (χ2v) is 10.9. The van der Waals surface area contributed by atoms with E-state index in [-0.39, 0.29) is 32.8 Å². The Morgan fingerprint density at radius 2 is 1.91 bits per heavy atom. The van der Waals surface area contributed by atoms with Gasteiger partial charge in [0.1, 0.15) is 6.04 Å². The predicted molar refractivity (Wildman–Crippen MR) is 122 cm³/mol. The van der Waals surface area contributed by atoms with Gasteiger partial charge in [0.25, 0.3) is 0 Å². The first-order valence-corrected chi connectivity index (χ1v) is 12.7. The van der Waals surface area contributed by atoms with E-state index in [1.54, 1.807) is 18.2 Å². The van der Waals surface area contributed by atoms with Gasteiger partial charge in [0.2, 0.25) is 15.9 Å². The molecule has 0 aliphatic carbocycles. The van der Waals surface area contributed by atoms with E-state index < -0.39 is 16.1 Å². The smallest absolute Gasteiger partial charge is 0.244 e. The lowest BCUT2D eigenvalue weighted by atomic mass is 9.91. The number of aromatic nitrogens is 1. The molecule has 172 valence electrons. The third-order valence-electron chi connectivity index (χ3n) is 6.08. The van der Waals surface area contributed by atoms with Gasteiger partial charge in [-0.1, -0.05) is 29.3 Å². The van der Waals surface area contributed by atoms with Crippen molar-refractivity contribution in [2.75, 3.05) is 20.3 Å². The lowest BCUT2D eigenvalue weighted by Crippen LogP contribution is -2.55. The zero-order chi connectivity index (χ0) is 22.9. The van der Waals surface area contributed by atoms with Gasteiger partial charge in [-0.05, 0) is 49.6 Å². The van der Waals surface area contributed by atoms with Gasteiger partial charge in [-0.2, -0.15) is 4.31 Å². The van der Waals surface area contributed by atoms with E-state index in [1.165, 1.54) is 22.5 Å². The van der Waals surface area contributed by atoms with E-state index in [2.05, 4.69) is 4.98 Å². The first kappa shape index (κ1) is 23.4. The lowest BCUT2D eigenvalue weighted by molar-refractivity contribution is -0.135. The Labute approximate surface area is 198 Å². The highest BCUT2D eigenvalue weighted by atomic mass is 35.5. The van der Waals surface area contributed by atoms with E-state index in [1.807, 2.05) is 18.2 Å². The Morgan fingerprint density at radius 3 is 2.56 bits per heavy atom. The number of nitrogens with zero attached hydrogens (tertiary/aromatic N) is 3. The monoisotopic (exact) mass is 497 g/mol. The number of carbonyl (C=O) groups is 1. The van der Waals surface area contributed by atoms with Crippen LogP contribution in [0.2, 0.25) is 10.0 Å². The standard InChI is InChI=1S/C22H25Cl2N3O4S/c1-31-14-15-12-26(13-18-5-2-3-8-25-18)22(28)21-7-4-6-20(15)27(21)32(29,30)19-10-16(23)9-17(24)11-19/h2-3,5,8-11,15,20-21H,4,6-7,12-14H2,1H3/t15-,20+,21?/m1/s1. The van der Waals surface area contributed by atoms with Crippen LogP contribution in [0.15, 0.2) is 47.5 Å². The molecule has 0 saturated carbocycles. The summed E-state index contributed by atoms with van der Waals surface area (Å²) in [6.07, 6.45) is 3.56. The number of benzene rings is 1. The highest BCUT2D eigenvalue weighted by Crippen LogP contribution is 2.38. The maximum Gasteiger partial charge on any atom is 0.244 e. The second-order valence-electron chi connectivity index (χ2n) is 8.21. The fraction of sp³-hybridized carbons (Fsp3) is 0.455. The zero-order valence-electron chi connectivity index (χ0n) is 17.7.